The molecule has 1 aliphatic rings. The van der Waals surface area contributed by atoms with Crippen molar-refractivity contribution in [3.8, 4) is 11.5 Å². The maximum Gasteiger partial charge on any atom is 0.241 e. The molecule has 0 saturated carbocycles. The van der Waals surface area contributed by atoms with Gasteiger partial charge in [-0.3, -0.25) is 9.59 Å². The summed E-state index contributed by atoms with van der Waals surface area (Å²) in [6.45, 7) is 3.73. The molecule has 0 radical (unpaired) electrons. The standard InChI is InChI=1S/C21H24N2O6S/c1-14-6-4-5-7-18(14)29-13-15(2)22-30(26,27)16-8-9-19(28-3)17(12-16)23-20(24)10-11-21(23)25/h4-9,12,15,22H,10-11,13H2,1-3H3/t15-/m1/s1. The van der Waals surface area contributed by atoms with Gasteiger partial charge >= 0.3 is 0 Å². The van der Waals surface area contributed by atoms with Crippen LogP contribution in [0.3, 0.4) is 0 Å². The van der Waals surface area contributed by atoms with Crippen LogP contribution in [-0.2, 0) is 19.6 Å². The van der Waals surface area contributed by atoms with Gasteiger partial charge in [-0.2, -0.15) is 0 Å². The van der Waals surface area contributed by atoms with Crippen LogP contribution in [0.25, 0.3) is 0 Å². The number of ether oxygens (including phenoxy) is 2. The highest BCUT2D eigenvalue weighted by Gasteiger charge is 2.33. The van der Waals surface area contributed by atoms with Crippen molar-refractivity contribution in [3.63, 3.8) is 0 Å². The second kappa shape index (κ2) is 8.85. The molecule has 0 unspecified atom stereocenters. The zero-order valence-electron chi connectivity index (χ0n) is 17.0. The van der Waals surface area contributed by atoms with E-state index in [0.717, 1.165) is 10.5 Å². The predicted molar refractivity (Wildman–Crippen MR) is 111 cm³/mol. The Balaban J connectivity index is 1.78. The lowest BCUT2D eigenvalue weighted by Crippen LogP contribution is -2.37. The number of nitrogens with zero attached hydrogens (tertiary/aromatic N) is 1. The lowest BCUT2D eigenvalue weighted by Gasteiger charge is -2.20. The van der Waals surface area contributed by atoms with Crippen molar-refractivity contribution >= 4 is 27.5 Å². The van der Waals surface area contributed by atoms with E-state index < -0.39 is 16.1 Å². The Labute approximate surface area is 175 Å². The number of sulfonamides is 1. The minimum absolute atomic E-state index is 0.0754. The van der Waals surface area contributed by atoms with Crippen LogP contribution in [0.2, 0.25) is 0 Å². The fraction of sp³-hybridized carbons (Fsp3) is 0.333. The van der Waals surface area contributed by atoms with Crippen LogP contribution in [0.4, 0.5) is 5.69 Å². The predicted octanol–water partition coefficient (Wildman–Crippen LogP) is 2.40. The summed E-state index contributed by atoms with van der Waals surface area (Å²) in [5.41, 5.74) is 1.07. The molecule has 1 N–H and O–H groups in total. The number of carbonyl (C=O) groups is 2. The summed E-state index contributed by atoms with van der Waals surface area (Å²) in [7, 11) is -2.53. The Morgan fingerprint density at radius 3 is 2.37 bits per heavy atom. The zero-order valence-corrected chi connectivity index (χ0v) is 17.9. The fourth-order valence-corrected chi connectivity index (χ4v) is 4.40. The van der Waals surface area contributed by atoms with Gasteiger partial charge in [-0.25, -0.2) is 18.0 Å². The normalized spacial score (nSPS) is 15.4. The molecule has 3 rings (SSSR count). The molecule has 30 heavy (non-hydrogen) atoms. The lowest BCUT2D eigenvalue weighted by molar-refractivity contribution is -0.121. The van der Waals surface area contributed by atoms with Gasteiger partial charge in [0.05, 0.1) is 23.7 Å². The van der Waals surface area contributed by atoms with Gasteiger partial charge < -0.3 is 9.47 Å². The molecule has 0 bridgehead atoms. The number of benzene rings is 2. The van der Waals surface area contributed by atoms with Crippen molar-refractivity contribution in [1.82, 2.24) is 4.72 Å². The highest BCUT2D eigenvalue weighted by atomic mass is 32.2. The molecule has 1 aliphatic heterocycles. The Kier molecular flexibility index (Phi) is 6.42. The number of para-hydroxylation sites is 1. The molecular formula is C21H24N2O6S. The largest absolute Gasteiger partial charge is 0.495 e. The first-order valence-corrected chi connectivity index (χ1v) is 11.0. The number of hydrogen-bond donors (Lipinski definition) is 1. The number of nitrogens with one attached hydrogen (secondary N) is 1. The van der Waals surface area contributed by atoms with E-state index in [1.807, 2.05) is 31.2 Å². The van der Waals surface area contributed by atoms with Gasteiger partial charge in [0.1, 0.15) is 18.1 Å². The van der Waals surface area contributed by atoms with Gasteiger partial charge in [-0.1, -0.05) is 18.2 Å². The Hall–Kier alpha value is -2.91. The molecule has 2 aromatic carbocycles. The van der Waals surface area contributed by atoms with Gasteiger partial charge in [0.2, 0.25) is 21.8 Å². The lowest BCUT2D eigenvalue weighted by atomic mass is 10.2. The highest BCUT2D eigenvalue weighted by Crippen LogP contribution is 2.34. The van der Waals surface area contributed by atoms with Crippen LogP contribution in [0, 0.1) is 6.92 Å². The molecule has 0 aliphatic carbocycles. The number of rotatable bonds is 8. The SMILES string of the molecule is COc1ccc(S(=O)(=O)N[C@H](C)COc2ccccc2C)cc1N1C(=O)CCC1=O. The average Bonchev–Trinajstić information content (AvgIpc) is 3.04. The maximum absolute atomic E-state index is 12.9. The van der Waals surface area contributed by atoms with E-state index in [1.165, 1.54) is 25.3 Å². The third kappa shape index (κ3) is 4.63. The molecule has 9 heteroatoms. The zero-order chi connectivity index (χ0) is 21.9. The summed E-state index contributed by atoms with van der Waals surface area (Å²) in [6.07, 6.45) is 0.176. The molecule has 2 amide bonds. The third-order valence-electron chi connectivity index (χ3n) is 4.69. The number of methoxy groups -OCH3 is 1. The quantitative estimate of drug-likeness (QED) is 0.643. The van der Waals surface area contributed by atoms with Gasteiger partial charge in [-0.15, -0.1) is 0 Å². The van der Waals surface area contributed by atoms with Gasteiger partial charge in [0.15, 0.2) is 0 Å². The van der Waals surface area contributed by atoms with Crippen molar-refractivity contribution in [2.45, 2.75) is 37.6 Å². The molecule has 0 aromatic heterocycles. The summed E-state index contributed by atoms with van der Waals surface area (Å²) in [5, 5.41) is 0. The van der Waals surface area contributed by atoms with E-state index >= 15 is 0 Å². The van der Waals surface area contributed by atoms with Crippen LogP contribution in [0.1, 0.15) is 25.3 Å². The maximum atomic E-state index is 12.9. The summed E-state index contributed by atoms with van der Waals surface area (Å²) < 4.78 is 39.2. The topological polar surface area (TPSA) is 102 Å². The number of amides is 2. The van der Waals surface area contributed by atoms with E-state index in [0.29, 0.717) is 5.75 Å². The first kappa shape index (κ1) is 21.8. The van der Waals surface area contributed by atoms with Crippen molar-refractivity contribution in [1.29, 1.82) is 0 Å². The molecule has 1 fully saturated rings. The second-order valence-electron chi connectivity index (χ2n) is 7.06. The van der Waals surface area contributed by atoms with Crippen molar-refractivity contribution in [2.24, 2.45) is 0 Å². The first-order valence-electron chi connectivity index (χ1n) is 9.47. The average molecular weight is 432 g/mol. The smallest absolute Gasteiger partial charge is 0.241 e. The minimum atomic E-state index is -3.92. The van der Waals surface area contributed by atoms with Crippen LogP contribution in [0.15, 0.2) is 47.4 Å². The molecular weight excluding hydrogens is 408 g/mol. The minimum Gasteiger partial charge on any atom is -0.495 e. The van der Waals surface area contributed by atoms with E-state index in [-0.39, 0.29) is 47.6 Å². The second-order valence-corrected chi connectivity index (χ2v) is 8.77. The molecule has 2 aromatic rings. The number of aryl methyl sites for hydroxylation is 1. The molecule has 160 valence electrons. The van der Waals surface area contributed by atoms with E-state index in [2.05, 4.69) is 4.72 Å². The van der Waals surface area contributed by atoms with Crippen LogP contribution < -0.4 is 19.1 Å². The molecule has 1 saturated heterocycles. The van der Waals surface area contributed by atoms with E-state index in [9.17, 15) is 18.0 Å². The molecule has 1 atom stereocenters. The summed E-state index contributed by atoms with van der Waals surface area (Å²) in [4.78, 5) is 25.1. The van der Waals surface area contributed by atoms with Crippen LogP contribution >= 0.6 is 0 Å². The van der Waals surface area contributed by atoms with E-state index in [1.54, 1.807) is 6.92 Å². The molecule has 8 nitrogen and oxygen atoms in total. The van der Waals surface area contributed by atoms with Crippen molar-refractivity contribution < 1.29 is 27.5 Å². The number of imide groups is 1. The number of carbonyl (C=O) groups excluding carboxylic acids is 2. The van der Waals surface area contributed by atoms with Gasteiger partial charge in [-0.05, 0) is 43.7 Å². The van der Waals surface area contributed by atoms with Crippen LogP contribution in [0.5, 0.6) is 11.5 Å². The van der Waals surface area contributed by atoms with Gasteiger partial charge in [0.25, 0.3) is 0 Å². The van der Waals surface area contributed by atoms with Crippen LogP contribution in [-0.4, -0.2) is 40.0 Å². The number of hydrogen-bond acceptors (Lipinski definition) is 6. The van der Waals surface area contributed by atoms with E-state index in [4.69, 9.17) is 9.47 Å². The Morgan fingerprint density at radius 1 is 1.07 bits per heavy atom. The first-order chi connectivity index (χ1) is 14.2. The van der Waals surface area contributed by atoms with Crippen molar-refractivity contribution in [2.75, 3.05) is 18.6 Å². The summed E-state index contributed by atoms with van der Waals surface area (Å²) in [6, 6.07) is 11.0. The molecule has 1 heterocycles. The summed E-state index contributed by atoms with van der Waals surface area (Å²) in [5.74, 6) is 0.149. The molecule has 0 spiro atoms. The summed E-state index contributed by atoms with van der Waals surface area (Å²) >= 11 is 0. The fourth-order valence-electron chi connectivity index (χ4n) is 3.16. The van der Waals surface area contributed by atoms with Gasteiger partial charge in [0, 0.05) is 12.8 Å². The highest BCUT2D eigenvalue weighted by molar-refractivity contribution is 7.89. The third-order valence-corrected chi connectivity index (χ3v) is 6.28. The number of anilines is 1. The Bertz CT molecular complexity index is 1050. The monoisotopic (exact) mass is 432 g/mol. The Morgan fingerprint density at radius 2 is 1.73 bits per heavy atom. The van der Waals surface area contributed by atoms with Crippen molar-refractivity contribution in [3.05, 3.63) is 48.0 Å².